The van der Waals surface area contributed by atoms with Crippen LogP contribution in [0.25, 0.3) is 11.3 Å². The average molecular weight is 307 g/mol. The van der Waals surface area contributed by atoms with Crippen molar-refractivity contribution in [2.45, 2.75) is 11.8 Å². The SMILES string of the molecule is Cc1nc(-c2ccc(S(=O)(=O)N3CCNCC3)cc2)co1. The first-order chi connectivity index (χ1) is 10.1. The molecule has 1 aliphatic rings. The molecule has 7 heteroatoms. The maximum atomic E-state index is 12.5. The lowest BCUT2D eigenvalue weighted by Crippen LogP contribution is -2.46. The molecule has 2 aromatic rings. The van der Waals surface area contributed by atoms with Crippen molar-refractivity contribution < 1.29 is 12.8 Å². The van der Waals surface area contributed by atoms with Gasteiger partial charge in [-0.2, -0.15) is 4.31 Å². The van der Waals surface area contributed by atoms with E-state index in [-0.39, 0.29) is 0 Å². The second-order valence-corrected chi connectivity index (χ2v) is 6.87. The lowest BCUT2D eigenvalue weighted by molar-refractivity contribution is 0.360. The Morgan fingerprint density at radius 3 is 2.43 bits per heavy atom. The summed E-state index contributed by atoms with van der Waals surface area (Å²) in [6.45, 7) is 4.16. The van der Waals surface area contributed by atoms with Crippen LogP contribution >= 0.6 is 0 Å². The summed E-state index contributed by atoms with van der Waals surface area (Å²) in [6.07, 6.45) is 1.56. The lowest BCUT2D eigenvalue weighted by atomic mass is 10.2. The normalized spacial score (nSPS) is 17.0. The summed E-state index contributed by atoms with van der Waals surface area (Å²) in [4.78, 5) is 4.54. The van der Waals surface area contributed by atoms with Crippen molar-refractivity contribution in [3.8, 4) is 11.3 Å². The summed E-state index contributed by atoms with van der Waals surface area (Å²) < 4.78 is 31.7. The Morgan fingerprint density at radius 2 is 1.86 bits per heavy atom. The third kappa shape index (κ3) is 2.85. The van der Waals surface area contributed by atoms with Crippen LogP contribution in [0.2, 0.25) is 0 Å². The molecular formula is C14H17N3O3S. The summed E-state index contributed by atoms with van der Waals surface area (Å²) in [5.74, 6) is 0.586. The second-order valence-electron chi connectivity index (χ2n) is 4.93. The highest BCUT2D eigenvalue weighted by molar-refractivity contribution is 7.89. The molecule has 6 nitrogen and oxygen atoms in total. The lowest BCUT2D eigenvalue weighted by Gasteiger charge is -2.26. The highest BCUT2D eigenvalue weighted by Gasteiger charge is 2.25. The number of hydrogen-bond acceptors (Lipinski definition) is 5. The minimum atomic E-state index is -3.41. The zero-order chi connectivity index (χ0) is 14.9. The number of nitrogens with zero attached hydrogens (tertiary/aromatic N) is 2. The Hall–Kier alpha value is -1.70. The van der Waals surface area contributed by atoms with Crippen LogP contribution in [-0.2, 0) is 10.0 Å². The minimum Gasteiger partial charge on any atom is -0.449 e. The van der Waals surface area contributed by atoms with Gasteiger partial charge in [0.1, 0.15) is 12.0 Å². The number of hydrogen-bond donors (Lipinski definition) is 1. The summed E-state index contributed by atoms with van der Waals surface area (Å²) in [5.41, 5.74) is 1.55. The molecule has 0 aliphatic carbocycles. The first-order valence-electron chi connectivity index (χ1n) is 6.81. The fourth-order valence-corrected chi connectivity index (χ4v) is 3.77. The van der Waals surface area contributed by atoms with E-state index in [0.717, 1.165) is 5.56 Å². The quantitative estimate of drug-likeness (QED) is 0.923. The largest absolute Gasteiger partial charge is 0.449 e. The average Bonchev–Trinajstić information content (AvgIpc) is 2.95. The number of piperazine rings is 1. The maximum absolute atomic E-state index is 12.5. The molecule has 1 fully saturated rings. The number of oxazole rings is 1. The van der Waals surface area contributed by atoms with Crippen LogP contribution in [0, 0.1) is 6.92 Å². The zero-order valence-corrected chi connectivity index (χ0v) is 12.6. The number of sulfonamides is 1. The molecule has 0 spiro atoms. The predicted octanol–water partition coefficient (Wildman–Crippen LogP) is 1.24. The Balaban J connectivity index is 1.86. The number of rotatable bonds is 3. The molecule has 1 saturated heterocycles. The van der Waals surface area contributed by atoms with Gasteiger partial charge in [-0.1, -0.05) is 12.1 Å². The molecular weight excluding hydrogens is 290 g/mol. The maximum Gasteiger partial charge on any atom is 0.243 e. The van der Waals surface area contributed by atoms with Gasteiger partial charge in [-0.3, -0.25) is 0 Å². The second kappa shape index (κ2) is 5.59. The molecule has 1 N–H and O–H groups in total. The number of benzene rings is 1. The van der Waals surface area contributed by atoms with E-state index in [2.05, 4.69) is 10.3 Å². The first-order valence-corrected chi connectivity index (χ1v) is 8.25. The van der Waals surface area contributed by atoms with Crippen molar-refractivity contribution in [1.29, 1.82) is 0 Å². The van der Waals surface area contributed by atoms with Crippen molar-refractivity contribution in [3.63, 3.8) is 0 Å². The van der Waals surface area contributed by atoms with Crippen molar-refractivity contribution in [2.75, 3.05) is 26.2 Å². The molecule has 0 bridgehead atoms. The van der Waals surface area contributed by atoms with E-state index < -0.39 is 10.0 Å². The molecule has 1 aliphatic heterocycles. The van der Waals surface area contributed by atoms with Crippen LogP contribution in [0.5, 0.6) is 0 Å². The Labute approximate surface area is 123 Å². The number of nitrogens with one attached hydrogen (secondary N) is 1. The molecule has 112 valence electrons. The molecule has 0 radical (unpaired) electrons. The molecule has 0 amide bonds. The van der Waals surface area contributed by atoms with E-state index >= 15 is 0 Å². The van der Waals surface area contributed by atoms with Crippen LogP contribution in [0.1, 0.15) is 5.89 Å². The van der Waals surface area contributed by atoms with Gasteiger partial charge in [-0.15, -0.1) is 0 Å². The molecule has 2 heterocycles. The van der Waals surface area contributed by atoms with Gasteiger partial charge >= 0.3 is 0 Å². The molecule has 1 aromatic carbocycles. The molecule has 1 aromatic heterocycles. The standard InChI is InChI=1S/C14H17N3O3S/c1-11-16-14(10-20-11)12-2-4-13(5-3-12)21(18,19)17-8-6-15-7-9-17/h2-5,10,15H,6-9H2,1H3. The van der Waals surface area contributed by atoms with Gasteiger partial charge in [0.15, 0.2) is 5.89 Å². The third-order valence-corrected chi connectivity index (χ3v) is 5.40. The first kappa shape index (κ1) is 14.2. The monoisotopic (exact) mass is 307 g/mol. The van der Waals surface area contributed by atoms with E-state index in [9.17, 15) is 8.42 Å². The van der Waals surface area contributed by atoms with Crippen LogP contribution in [0.4, 0.5) is 0 Å². The molecule has 21 heavy (non-hydrogen) atoms. The van der Waals surface area contributed by atoms with Gasteiger partial charge in [0, 0.05) is 38.7 Å². The van der Waals surface area contributed by atoms with E-state index in [1.807, 2.05) is 0 Å². The molecule has 0 unspecified atom stereocenters. The fraction of sp³-hybridized carbons (Fsp3) is 0.357. The van der Waals surface area contributed by atoms with Gasteiger partial charge in [0.25, 0.3) is 0 Å². The smallest absolute Gasteiger partial charge is 0.243 e. The Morgan fingerprint density at radius 1 is 1.19 bits per heavy atom. The molecule has 0 saturated carbocycles. The van der Waals surface area contributed by atoms with E-state index in [4.69, 9.17) is 4.42 Å². The highest BCUT2D eigenvalue weighted by atomic mass is 32.2. The minimum absolute atomic E-state index is 0.313. The highest BCUT2D eigenvalue weighted by Crippen LogP contribution is 2.22. The van der Waals surface area contributed by atoms with Gasteiger partial charge in [-0.05, 0) is 12.1 Å². The predicted molar refractivity (Wildman–Crippen MR) is 78.3 cm³/mol. The van der Waals surface area contributed by atoms with Gasteiger partial charge < -0.3 is 9.73 Å². The summed E-state index contributed by atoms with van der Waals surface area (Å²) in [5, 5.41) is 3.15. The van der Waals surface area contributed by atoms with E-state index in [0.29, 0.717) is 42.7 Å². The van der Waals surface area contributed by atoms with Crippen LogP contribution in [0.3, 0.4) is 0 Å². The summed E-state index contributed by atoms with van der Waals surface area (Å²) in [7, 11) is -3.41. The number of aromatic nitrogens is 1. The molecule has 3 rings (SSSR count). The van der Waals surface area contributed by atoms with Crippen molar-refractivity contribution >= 4 is 10.0 Å². The Bertz CT molecular complexity index is 716. The van der Waals surface area contributed by atoms with Crippen molar-refractivity contribution in [1.82, 2.24) is 14.6 Å². The van der Waals surface area contributed by atoms with Crippen LogP contribution in [-0.4, -0.2) is 43.9 Å². The van der Waals surface area contributed by atoms with Crippen LogP contribution in [0.15, 0.2) is 39.8 Å². The van der Waals surface area contributed by atoms with E-state index in [1.54, 1.807) is 37.5 Å². The van der Waals surface area contributed by atoms with Crippen molar-refractivity contribution in [2.24, 2.45) is 0 Å². The third-order valence-electron chi connectivity index (χ3n) is 3.48. The van der Waals surface area contributed by atoms with Gasteiger partial charge in [0.05, 0.1) is 4.90 Å². The van der Waals surface area contributed by atoms with Gasteiger partial charge in [0.2, 0.25) is 10.0 Å². The summed E-state index contributed by atoms with van der Waals surface area (Å²) >= 11 is 0. The fourth-order valence-electron chi connectivity index (χ4n) is 2.33. The van der Waals surface area contributed by atoms with Crippen molar-refractivity contribution in [3.05, 3.63) is 36.4 Å². The van der Waals surface area contributed by atoms with E-state index in [1.165, 1.54) is 4.31 Å². The van der Waals surface area contributed by atoms with Gasteiger partial charge in [-0.25, -0.2) is 13.4 Å². The Kier molecular flexibility index (Phi) is 3.79. The number of aryl methyl sites for hydroxylation is 1. The van der Waals surface area contributed by atoms with Crippen LogP contribution < -0.4 is 5.32 Å². The zero-order valence-electron chi connectivity index (χ0n) is 11.7. The molecule has 0 atom stereocenters. The summed E-state index contributed by atoms with van der Waals surface area (Å²) in [6, 6.07) is 6.76. The topological polar surface area (TPSA) is 75.4 Å².